The van der Waals surface area contributed by atoms with Crippen LogP contribution in [0.4, 0.5) is 18.9 Å². The number of benzene rings is 2. The lowest BCUT2D eigenvalue weighted by atomic mass is 10.1. The molecule has 2 rings (SSSR count). The van der Waals surface area contributed by atoms with Crippen LogP contribution < -0.4 is 10.6 Å². The summed E-state index contributed by atoms with van der Waals surface area (Å²) in [5.74, 6) is -0.387. The van der Waals surface area contributed by atoms with Gasteiger partial charge in [-0.2, -0.15) is 13.2 Å². The van der Waals surface area contributed by atoms with E-state index in [-0.39, 0.29) is 11.6 Å². The van der Waals surface area contributed by atoms with Gasteiger partial charge in [0.2, 0.25) is 0 Å². The first-order valence-corrected chi connectivity index (χ1v) is 7.77. The van der Waals surface area contributed by atoms with E-state index in [1.54, 1.807) is 24.6 Å². The molecule has 134 valence electrons. The molecule has 0 aliphatic carbocycles. The van der Waals surface area contributed by atoms with Crippen molar-refractivity contribution >= 4 is 11.6 Å². The Morgan fingerprint density at radius 3 is 2.52 bits per heavy atom. The third-order valence-corrected chi connectivity index (χ3v) is 3.62. The Morgan fingerprint density at radius 2 is 1.88 bits per heavy atom. The van der Waals surface area contributed by atoms with Crippen molar-refractivity contribution < 1.29 is 28.0 Å². The number of rotatable bonds is 7. The summed E-state index contributed by atoms with van der Waals surface area (Å²) < 4.78 is 43.4. The number of carbonyl (C=O) groups excluding carboxylic acids is 1. The van der Waals surface area contributed by atoms with Gasteiger partial charge in [-0.1, -0.05) is 36.4 Å². The fraction of sp³-hybridized carbons (Fsp3) is 0.278. The first kappa shape index (κ1) is 19.0. The molecule has 0 aliphatic rings. The molecular weight excluding hydrogens is 333 g/mol. The Hall–Kier alpha value is -2.38. The number of amides is 1. The van der Waals surface area contributed by atoms with E-state index in [1.165, 1.54) is 12.1 Å². The van der Waals surface area contributed by atoms with Crippen LogP contribution in [0, 0.1) is 0 Å². The van der Waals surface area contributed by atoms with Gasteiger partial charge in [-0.15, -0.1) is 0 Å². The molecule has 0 saturated carbocycles. The lowest BCUT2D eigenvalue weighted by Crippen LogP contribution is -2.88. The fourth-order valence-corrected chi connectivity index (χ4v) is 2.40. The van der Waals surface area contributed by atoms with E-state index in [4.69, 9.17) is 4.74 Å². The summed E-state index contributed by atoms with van der Waals surface area (Å²) in [4.78, 5) is 12.6. The Morgan fingerprint density at radius 1 is 1.16 bits per heavy atom. The molecule has 25 heavy (non-hydrogen) atoms. The number of nitrogens with one attached hydrogen (secondary N) is 1. The Kier molecular flexibility index (Phi) is 6.55. The van der Waals surface area contributed by atoms with Gasteiger partial charge in [0.15, 0.2) is 6.04 Å². The van der Waals surface area contributed by atoms with Crippen LogP contribution in [0.25, 0.3) is 0 Å². The molecule has 0 heterocycles. The second-order valence-corrected chi connectivity index (χ2v) is 5.47. The number of carbonyl (C=O) groups is 1. The normalized spacial score (nSPS) is 12.6. The van der Waals surface area contributed by atoms with E-state index in [0.717, 1.165) is 17.7 Å². The van der Waals surface area contributed by atoms with Crippen LogP contribution in [0.15, 0.2) is 54.6 Å². The summed E-state index contributed by atoms with van der Waals surface area (Å²) in [7, 11) is 1.56. The minimum atomic E-state index is -4.45. The fourth-order valence-electron chi connectivity index (χ4n) is 2.40. The maximum absolute atomic E-state index is 12.8. The molecule has 1 atom stereocenters. The van der Waals surface area contributed by atoms with Crippen molar-refractivity contribution in [1.82, 2.24) is 0 Å². The Balaban J connectivity index is 2.16. The Bertz CT molecular complexity index is 690. The zero-order valence-corrected chi connectivity index (χ0v) is 13.7. The number of quaternary nitrogens is 1. The summed E-state index contributed by atoms with van der Waals surface area (Å²) in [5.41, 5.74) is 0.0777. The van der Waals surface area contributed by atoms with E-state index < -0.39 is 17.8 Å². The molecule has 0 fully saturated rings. The molecule has 0 unspecified atom stereocenters. The molecule has 4 nitrogen and oxygen atoms in total. The molecule has 0 spiro atoms. The molecule has 1 amide bonds. The van der Waals surface area contributed by atoms with Crippen LogP contribution in [0.3, 0.4) is 0 Å². The molecule has 0 saturated heterocycles. The topological polar surface area (TPSA) is 54.9 Å². The number of anilines is 1. The molecule has 0 radical (unpaired) electrons. The van der Waals surface area contributed by atoms with Crippen molar-refractivity contribution in [2.75, 3.05) is 25.6 Å². The maximum Gasteiger partial charge on any atom is 0.416 e. The lowest BCUT2D eigenvalue weighted by molar-refractivity contribution is -0.683. The van der Waals surface area contributed by atoms with Gasteiger partial charge in [0.25, 0.3) is 5.91 Å². The number of methoxy groups -OCH3 is 1. The third-order valence-electron chi connectivity index (χ3n) is 3.62. The van der Waals surface area contributed by atoms with Crippen molar-refractivity contribution in [3.05, 3.63) is 65.7 Å². The van der Waals surface area contributed by atoms with E-state index >= 15 is 0 Å². The second kappa shape index (κ2) is 8.64. The summed E-state index contributed by atoms with van der Waals surface area (Å²) in [5, 5.41) is 4.36. The first-order chi connectivity index (χ1) is 11.9. The minimum absolute atomic E-state index is 0.112. The molecule has 2 aromatic rings. The zero-order chi connectivity index (χ0) is 18.3. The van der Waals surface area contributed by atoms with Crippen molar-refractivity contribution in [2.45, 2.75) is 12.2 Å². The first-order valence-electron chi connectivity index (χ1n) is 7.77. The van der Waals surface area contributed by atoms with Crippen LogP contribution in [0.5, 0.6) is 0 Å². The van der Waals surface area contributed by atoms with Crippen molar-refractivity contribution in [1.29, 1.82) is 0 Å². The molecule has 0 bridgehead atoms. The predicted molar refractivity (Wildman–Crippen MR) is 87.9 cm³/mol. The molecular formula is C18H20F3N2O2+. The molecule has 0 aliphatic heterocycles. The van der Waals surface area contributed by atoms with E-state index in [9.17, 15) is 18.0 Å². The number of ether oxygens (including phenoxy) is 1. The number of hydrogen-bond donors (Lipinski definition) is 2. The lowest BCUT2D eigenvalue weighted by Gasteiger charge is -2.16. The predicted octanol–water partition coefficient (Wildman–Crippen LogP) is 2.60. The van der Waals surface area contributed by atoms with Crippen molar-refractivity contribution in [3.63, 3.8) is 0 Å². The van der Waals surface area contributed by atoms with Crippen molar-refractivity contribution in [3.8, 4) is 0 Å². The average molecular weight is 353 g/mol. The van der Waals surface area contributed by atoms with E-state index in [1.807, 2.05) is 18.2 Å². The van der Waals surface area contributed by atoms with Crippen LogP contribution in [0.1, 0.15) is 17.2 Å². The van der Waals surface area contributed by atoms with Crippen LogP contribution in [0.2, 0.25) is 0 Å². The van der Waals surface area contributed by atoms with Crippen molar-refractivity contribution in [2.24, 2.45) is 0 Å². The van der Waals surface area contributed by atoms with Gasteiger partial charge in [-0.3, -0.25) is 4.79 Å². The minimum Gasteiger partial charge on any atom is -0.379 e. The zero-order valence-electron chi connectivity index (χ0n) is 13.7. The molecule has 0 aromatic heterocycles. The highest BCUT2D eigenvalue weighted by molar-refractivity contribution is 5.94. The van der Waals surface area contributed by atoms with Crippen LogP contribution in [-0.2, 0) is 15.7 Å². The van der Waals surface area contributed by atoms with Gasteiger partial charge in [0, 0.05) is 18.4 Å². The molecule has 2 aromatic carbocycles. The number of alkyl halides is 3. The van der Waals surface area contributed by atoms with Gasteiger partial charge in [0.1, 0.15) is 6.54 Å². The summed E-state index contributed by atoms with van der Waals surface area (Å²) in [6.07, 6.45) is -4.45. The van der Waals surface area contributed by atoms with E-state index in [2.05, 4.69) is 5.32 Å². The molecule has 3 N–H and O–H groups in total. The summed E-state index contributed by atoms with van der Waals surface area (Å²) in [6, 6.07) is 13.1. The van der Waals surface area contributed by atoms with Gasteiger partial charge in [-0.25, -0.2) is 0 Å². The highest BCUT2D eigenvalue weighted by Gasteiger charge is 2.31. The molecule has 7 heteroatoms. The average Bonchev–Trinajstić information content (AvgIpc) is 2.59. The quantitative estimate of drug-likeness (QED) is 0.752. The second-order valence-electron chi connectivity index (χ2n) is 5.47. The summed E-state index contributed by atoms with van der Waals surface area (Å²) in [6.45, 7) is 1.01. The SMILES string of the molecule is COCC[NH2+][C@@H](C(=O)Nc1cccc(C(F)(F)F)c1)c1ccccc1. The van der Waals surface area contributed by atoms with Gasteiger partial charge >= 0.3 is 6.18 Å². The number of halogens is 3. The third kappa shape index (κ3) is 5.58. The standard InChI is InChI=1S/C18H19F3N2O2/c1-25-11-10-22-16(13-6-3-2-4-7-13)17(24)23-15-9-5-8-14(12-15)18(19,20)21/h2-9,12,16,22H,10-11H2,1H3,(H,23,24)/p+1/t16-/m1/s1. The van der Waals surface area contributed by atoms with Gasteiger partial charge in [-0.05, 0) is 18.2 Å². The van der Waals surface area contributed by atoms with E-state index in [0.29, 0.717) is 13.2 Å². The number of hydrogen-bond acceptors (Lipinski definition) is 2. The van der Waals surface area contributed by atoms with Gasteiger partial charge in [0.05, 0.1) is 12.2 Å². The highest BCUT2D eigenvalue weighted by Crippen LogP contribution is 2.30. The van der Waals surface area contributed by atoms with Crippen LogP contribution >= 0.6 is 0 Å². The largest absolute Gasteiger partial charge is 0.416 e. The summed E-state index contributed by atoms with van der Waals surface area (Å²) >= 11 is 0. The Labute approximate surface area is 144 Å². The maximum atomic E-state index is 12.8. The number of nitrogens with two attached hydrogens (primary N) is 1. The van der Waals surface area contributed by atoms with Gasteiger partial charge < -0.3 is 15.4 Å². The van der Waals surface area contributed by atoms with Crippen LogP contribution in [-0.4, -0.2) is 26.2 Å². The monoisotopic (exact) mass is 353 g/mol. The smallest absolute Gasteiger partial charge is 0.379 e. The highest BCUT2D eigenvalue weighted by atomic mass is 19.4.